The van der Waals surface area contributed by atoms with Crippen molar-refractivity contribution in [3.63, 3.8) is 0 Å². The van der Waals surface area contributed by atoms with Gasteiger partial charge >= 0.3 is 0 Å². The number of nitrogens with one attached hydrogen (secondary N) is 1. The Hall–Kier alpha value is -2.98. The Morgan fingerprint density at radius 2 is 1.79 bits per heavy atom. The van der Waals surface area contributed by atoms with Crippen molar-refractivity contribution in [3.8, 4) is 11.9 Å². The first kappa shape index (κ1) is 20.7. The predicted molar refractivity (Wildman–Crippen MR) is 107 cm³/mol. The van der Waals surface area contributed by atoms with E-state index in [4.69, 9.17) is 21.6 Å². The summed E-state index contributed by atoms with van der Waals surface area (Å²) in [5.41, 5.74) is 0.730. The fraction of sp³-hybridized carbons (Fsp3) is 0.381. The zero-order valence-corrected chi connectivity index (χ0v) is 16.6. The second-order valence-corrected chi connectivity index (χ2v) is 7.35. The van der Waals surface area contributed by atoms with Gasteiger partial charge in [0.25, 0.3) is 5.88 Å². The maximum atomic E-state index is 12.2. The summed E-state index contributed by atoms with van der Waals surface area (Å²) in [6.07, 6.45) is 6.24. The van der Waals surface area contributed by atoms with E-state index in [0.29, 0.717) is 10.6 Å². The van der Waals surface area contributed by atoms with Crippen LogP contribution in [0.15, 0.2) is 36.7 Å². The lowest BCUT2D eigenvalue weighted by atomic mass is 9.92. The first-order chi connectivity index (χ1) is 14.0. The maximum Gasteiger partial charge on any atom is 0.251 e. The molecule has 3 rings (SSSR count). The third kappa shape index (κ3) is 6.00. The molecule has 1 aliphatic carbocycles. The van der Waals surface area contributed by atoms with E-state index in [-0.39, 0.29) is 48.3 Å². The van der Waals surface area contributed by atoms with Crippen LogP contribution in [0.5, 0.6) is 5.88 Å². The van der Waals surface area contributed by atoms with Crippen LogP contribution in [-0.4, -0.2) is 33.8 Å². The van der Waals surface area contributed by atoms with Crippen molar-refractivity contribution in [2.45, 2.75) is 50.7 Å². The van der Waals surface area contributed by atoms with E-state index >= 15 is 0 Å². The van der Waals surface area contributed by atoms with Gasteiger partial charge in [-0.3, -0.25) is 9.59 Å². The van der Waals surface area contributed by atoms with E-state index in [2.05, 4.69) is 15.3 Å². The molecular weight excluding hydrogens is 392 g/mol. The molecule has 0 bridgehead atoms. The predicted octanol–water partition coefficient (Wildman–Crippen LogP) is 3.47. The van der Waals surface area contributed by atoms with Crippen molar-refractivity contribution in [2.24, 2.45) is 0 Å². The van der Waals surface area contributed by atoms with Gasteiger partial charge in [0.05, 0.1) is 0 Å². The van der Waals surface area contributed by atoms with Gasteiger partial charge in [-0.1, -0.05) is 11.6 Å². The molecule has 1 saturated carbocycles. The molecule has 1 heterocycles. The average molecular weight is 413 g/mol. The number of nitrogens with zero attached hydrogens (tertiary/aromatic N) is 3. The van der Waals surface area contributed by atoms with Crippen LogP contribution in [0.4, 0.5) is 0 Å². The van der Waals surface area contributed by atoms with E-state index < -0.39 is 0 Å². The molecular formula is C21H21ClN4O3. The van der Waals surface area contributed by atoms with Gasteiger partial charge in [-0.2, -0.15) is 5.26 Å². The Morgan fingerprint density at radius 3 is 2.48 bits per heavy atom. The number of hydrogen-bond acceptors (Lipinski definition) is 6. The number of Topliss-reactive ketones (excluding diaryl/α,β-unsaturated/α-hetero) is 1. The highest BCUT2D eigenvalue weighted by atomic mass is 35.5. The molecule has 0 spiro atoms. The summed E-state index contributed by atoms with van der Waals surface area (Å²) in [7, 11) is 0. The van der Waals surface area contributed by atoms with Crippen molar-refractivity contribution in [2.75, 3.05) is 0 Å². The van der Waals surface area contributed by atoms with E-state index in [1.54, 1.807) is 24.3 Å². The number of hydrogen-bond donors (Lipinski definition) is 1. The van der Waals surface area contributed by atoms with Crippen LogP contribution in [0, 0.1) is 11.3 Å². The van der Waals surface area contributed by atoms with Crippen LogP contribution >= 0.6 is 11.6 Å². The van der Waals surface area contributed by atoms with Gasteiger partial charge < -0.3 is 10.1 Å². The monoisotopic (exact) mass is 412 g/mol. The van der Waals surface area contributed by atoms with Gasteiger partial charge in [0.2, 0.25) is 11.6 Å². The third-order valence-corrected chi connectivity index (χ3v) is 5.09. The lowest BCUT2D eigenvalue weighted by molar-refractivity contribution is -0.122. The quantitative estimate of drug-likeness (QED) is 0.698. The number of carbonyl (C=O) groups excluding carboxylic acids is 2. The number of halogens is 1. The molecule has 1 fully saturated rings. The van der Waals surface area contributed by atoms with Crippen LogP contribution in [0.2, 0.25) is 5.02 Å². The molecule has 2 aromatic rings. The Morgan fingerprint density at radius 1 is 1.10 bits per heavy atom. The molecule has 1 aromatic heterocycles. The molecule has 0 atom stereocenters. The van der Waals surface area contributed by atoms with Crippen LogP contribution in [0.1, 0.15) is 54.6 Å². The van der Waals surface area contributed by atoms with Crippen molar-refractivity contribution in [1.82, 2.24) is 15.3 Å². The number of ether oxygens (including phenoxy) is 1. The van der Waals surface area contributed by atoms with Crippen molar-refractivity contribution in [1.29, 1.82) is 5.26 Å². The fourth-order valence-corrected chi connectivity index (χ4v) is 3.40. The summed E-state index contributed by atoms with van der Waals surface area (Å²) in [6, 6.07) is 8.68. The van der Waals surface area contributed by atoms with Crippen LogP contribution in [0.25, 0.3) is 0 Å². The summed E-state index contributed by atoms with van der Waals surface area (Å²) in [5.74, 6) is 0.0479. The van der Waals surface area contributed by atoms with Crippen LogP contribution < -0.4 is 10.1 Å². The molecule has 1 amide bonds. The minimum absolute atomic E-state index is 0.0570. The van der Waals surface area contributed by atoms with E-state index in [9.17, 15) is 9.59 Å². The van der Waals surface area contributed by atoms with Gasteiger partial charge in [0.15, 0.2) is 5.78 Å². The summed E-state index contributed by atoms with van der Waals surface area (Å²) in [6.45, 7) is 0. The summed E-state index contributed by atoms with van der Waals surface area (Å²) in [5, 5.41) is 12.6. The number of benzene rings is 1. The Kier molecular flexibility index (Phi) is 7.14. The molecule has 1 aliphatic rings. The molecule has 1 N–H and O–H groups in total. The molecule has 8 heteroatoms. The third-order valence-electron chi connectivity index (χ3n) is 4.83. The molecule has 7 nitrogen and oxygen atoms in total. The van der Waals surface area contributed by atoms with Gasteiger partial charge in [0, 0.05) is 41.9 Å². The maximum absolute atomic E-state index is 12.2. The normalized spacial score (nSPS) is 18.5. The van der Waals surface area contributed by atoms with Crippen molar-refractivity contribution in [3.05, 3.63) is 52.9 Å². The zero-order valence-electron chi connectivity index (χ0n) is 15.8. The van der Waals surface area contributed by atoms with E-state index in [1.165, 1.54) is 12.4 Å². The molecule has 1 aromatic carbocycles. The molecule has 0 saturated heterocycles. The highest BCUT2D eigenvalue weighted by Gasteiger charge is 2.25. The number of aromatic nitrogens is 2. The summed E-state index contributed by atoms with van der Waals surface area (Å²) in [4.78, 5) is 32.3. The van der Waals surface area contributed by atoms with Crippen LogP contribution in [-0.2, 0) is 4.79 Å². The van der Waals surface area contributed by atoms with Gasteiger partial charge in [-0.25, -0.2) is 9.97 Å². The highest BCUT2D eigenvalue weighted by molar-refractivity contribution is 6.30. The van der Waals surface area contributed by atoms with Gasteiger partial charge in [0.1, 0.15) is 12.2 Å². The van der Waals surface area contributed by atoms with Crippen LogP contribution in [0.3, 0.4) is 0 Å². The summed E-state index contributed by atoms with van der Waals surface area (Å²) < 4.78 is 5.80. The van der Waals surface area contributed by atoms with Gasteiger partial charge in [-0.15, -0.1) is 0 Å². The number of rotatable bonds is 7. The summed E-state index contributed by atoms with van der Waals surface area (Å²) >= 11 is 5.82. The molecule has 0 radical (unpaired) electrons. The van der Waals surface area contributed by atoms with Gasteiger partial charge in [-0.05, 0) is 49.9 Å². The minimum Gasteiger partial charge on any atom is -0.472 e. The smallest absolute Gasteiger partial charge is 0.251 e. The molecule has 29 heavy (non-hydrogen) atoms. The first-order valence-corrected chi connectivity index (χ1v) is 9.89. The molecule has 0 aliphatic heterocycles. The number of nitriles is 1. The van der Waals surface area contributed by atoms with E-state index in [0.717, 1.165) is 25.7 Å². The lowest BCUT2D eigenvalue weighted by Gasteiger charge is -2.29. The second-order valence-electron chi connectivity index (χ2n) is 6.91. The molecule has 150 valence electrons. The highest BCUT2D eigenvalue weighted by Crippen LogP contribution is 2.24. The van der Waals surface area contributed by atoms with E-state index in [1.807, 2.05) is 6.07 Å². The van der Waals surface area contributed by atoms with Crippen molar-refractivity contribution < 1.29 is 14.3 Å². The van der Waals surface area contributed by atoms with Crippen molar-refractivity contribution >= 4 is 23.3 Å². The minimum atomic E-state index is -0.127. The Balaban J connectivity index is 1.40. The zero-order chi connectivity index (χ0) is 20.6. The number of ketones is 1. The SMILES string of the molecule is N#Cc1nccnc1OC1CCC(NC(=O)CCC(=O)c2ccc(Cl)cc2)CC1. The number of carbonyl (C=O) groups is 2. The topological polar surface area (TPSA) is 105 Å². The largest absolute Gasteiger partial charge is 0.472 e. The Labute approximate surface area is 174 Å². The standard InChI is InChI=1S/C21H21ClN4O3/c22-15-3-1-14(2-4-15)19(27)9-10-20(28)26-16-5-7-17(8-6-16)29-21-18(13-23)24-11-12-25-21/h1-4,11-12,16-17H,5-10H2,(H,26,28). The lowest BCUT2D eigenvalue weighted by Crippen LogP contribution is -2.39. The molecule has 0 unspecified atom stereocenters. The number of amides is 1. The Bertz CT molecular complexity index is 903. The average Bonchev–Trinajstić information content (AvgIpc) is 2.74. The fourth-order valence-electron chi connectivity index (χ4n) is 3.28. The first-order valence-electron chi connectivity index (χ1n) is 9.51. The second kappa shape index (κ2) is 9.99.